The number of carbonyl (C=O) groups is 1. The van der Waals surface area contributed by atoms with Gasteiger partial charge in [0.1, 0.15) is 0 Å². The maximum Gasteiger partial charge on any atom is 0.223 e. The van der Waals surface area contributed by atoms with Gasteiger partial charge < -0.3 is 9.64 Å². The van der Waals surface area contributed by atoms with E-state index < -0.39 is 0 Å². The molecule has 0 spiro atoms. The van der Waals surface area contributed by atoms with Crippen molar-refractivity contribution in [3.63, 3.8) is 0 Å². The summed E-state index contributed by atoms with van der Waals surface area (Å²) >= 11 is 0. The molecule has 2 saturated heterocycles. The second-order valence-corrected chi connectivity index (χ2v) is 3.96. The molecule has 0 N–H and O–H groups in total. The van der Waals surface area contributed by atoms with Gasteiger partial charge in [-0.05, 0) is 25.7 Å². The summed E-state index contributed by atoms with van der Waals surface area (Å²) in [5.74, 6) is 0.331. The molecular formula is C10H17NO2. The number of rotatable bonds is 1. The van der Waals surface area contributed by atoms with E-state index in [2.05, 4.69) is 0 Å². The Kier molecular flexibility index (Phi) is 2.54. The van der Waals surface area contributed by atoms with E-state index in [1.165, 1.54) is 12.8 Å². The van der Waals surface area contributed by atoms with Crippen molar-refractivity contribution < 1.29 is 9.53 Å². The molecule has 13 heavy (non-hydrogen) atoms. The van der Waals surface area contributed by atoms with E-state index in [4.69, 9.17) is 4.74 Å². The molecule has 0 saturated carbocycles. The van der Waals surface area contributed by atoms with Crippen LogP contribution in [0.25, 0.3) is 0 Å². The van der Waals surface area contributed by atoms with Gasteiger partial charge in [0.2, 0.25) is 5.91 Å². The van der Waals surface area contributed by atoms with Crippen molar-refractivity contribution in [1.29, 1.82) is 0 Å². The van der Waals surface area contributed by atoms with Crippen LogP contribution in [0.1, 0.15) is 32.1 Å². The van der Waals surface area contributed by atoms with Crippen molar-refractivity contribution in [1.82, 2.24) is 4.90 Å². The predicted octanol–water partition coefficient (Wildman–Crippen LogP) is 1.18. The highest BCUT2D eigenvalue weighted by atomic mass is 16.5. The lowest BCUT2D eigenvalue weighted by molar-refractivity contribution is -0.145. The summed E-state index contributed by atoms with van der Waals surface area (Å²) < 4.78 is 5.42. The summed E-state index contributed by atoms with van der Waals surface area (Å²) in [5, 5.41) is 0. The van der Waals surface area contributed by atoms with E-state index in [9.17, 15) is 4.79 Å². The topological polar surface area (TPSA) is 29.5 Å². The van der Waals surface area contributed by atoms with Crippen LogP contribution in [0.4, 0.5) is 0 Å². The number of nitrogens with zero attached hydrogens (tertiary/aromatic N) is 1. The van der Waals surface area contributed by atoms with E-state index in [1.54, 1.807) is 7.11 Å². The molecule has 2 unspecified atom stereocenters. The zero-order valence-electron chi connectivity index (χ0n) is 8.16. The van der Waals surface area contributed by atoms with Gasteiger partial charge in [0.15, 0.2) is 0 Å². The first kappa shape index (κ1) is 9.00. The van der Waals surface area contributed by atoms with Crippen LogP contribution in [0.2, 0.25) is 0 Å². The highest BCUT2D eigenvalue weighted by Gasteiger charge is 2.36. The third kappa shape index (κ3) is 1.57. The van der Waals surface area contributed by atoms with E-state index >= 15 is 0 Å². The quantitative estimate of drug-likeness (QED) is 0.611. The zero-order chi connectivity index (χ0) is 9.26. The Balaban J connectivity index is 2.09. The number of piperidine rings is 2. The second kappa shape index (κ2) is 3.66. The SMILES string of the molecule is COC1CCC(=O)N2CCCCC12. The maximum atomic E-state index is 11.6. The summed E-state index contributed by atoms with van der Waals surface area (Å²) in [6, 6.07) is 0.375. The Hall–Kier alpha value is -0.570. The minimum Gasteiger partial charge on any atom is -0.379 e. The summed E-state index contributed by atoms with van der Waals surface area (Å²) in [5.41, 5.74) is 0. The summed E-state index contributed by atoms with van der Waals surface area (Å²) in [6.07, 6.45) is 5.42. The van der Waals surface area contributed by atoms with Crippen LogP contribution in [0.15, 0.2) is 0 Å². The molecule has 2 fully saturated rings. The minimum atomic E-state index is 0.290. The molecule has 0 radical (unpaired) electrons. The molecule has 2 aliphatic rings. The fraction of sp³-hybridized carbons (Fsp3) is 0.900. The van der Waals surface area contributed by atoms with Gasteiger partial charge in [0, 0.05) is 20.1 Å². The van der Waals surface area contributed by atoms with Crippen LogP contribution >= 0.6 is 0 Å². The predicted molar refractivity (Wildman–Crippen MR) is 49.4 cm³/mol. The van der Waals surface area contributed by atoms with Crippen LogP contribution in [0.5, 0.6) is 0 Å². The maximum absolute atomic E-state index is 11.6. The molecular weight excluding hydrogens is 166 g/mol. The average Bonchev–Trinajstić information content (AvgIpc) is 2.19. The number of methoxy groups -OCH3 is 1. The van der Waals surface area contributed by atoms with E-state index in [-0.39, 0.29) is 6.10 Å². The van der Waals surface area contributed by atoms with Gasteiger partial charge in [0.25, 0.3) is 0 Å². The van der Waals surface area contributed by atoms with Crippen molar-refractivity contribution in [3.8, 4) is 0 Å². The van der Waals surface area contributed by atoms with E-state index in [0.29, 0.717) is 18.4 Å². The van der Waals surface area contributed by atoms with Crippen molar-refractivity contribution in [3.05, 3.63) is 0 Å². The molecule has 3 heteroatoms. The number of ether oxygens (including phenoxy) is 1. The van der Waals surface area contributed by atoms with Crippen LogP contribution in [0, 0.1) is 0 Å². The monoisotopic (exact) mass is 183 g/mol. The smallest absolute Gasteiger partial charge is 0.223 e. The Morgan fingerprint density at radius 3 is 3.00 bits per heavy atom. The summed E-state index contributed by atoms with van der Waals surface area (Å²) in [7, 11) is 1.76. The molecule has 2 heterocycles. The minimum absolute atomic E-state index is 0.290. The first-order valence-corrected chi connectivity index (χ1v) is 5.15. The molecule has 0 aromatic rings. The highest BCUT2D eigenvalue weighted by molar-refractivity contribution is 5.77. The lowest BCUT2D eigenvalue weighted by Crippen LogP contribution is -2.53. The van der Waals surface area contributed by atoms with Crippen LogP contribution < -0.4 is 0 Å². The highest BCUT2D eigenvalue weighted by Crippen LogP contribution is 2.28. The molecule has 2 rings (SSSR count). The van der Waals surface area contributed by atoms with Crippen LogP contribution in [-0.4, -0.2) is 36.6 Å². The van der Waals surface area contributed by atoms with Crippen LogP contribution in [0.3, 0.4) is 0 Å². The Morgan fingerprint density at radius 1 is 1.38 bits per heavy atom. The second-order valence-electron chi connectivity index (χ2n) is 3.96. The molecule has 1 amide bonds. The summed E-state index contributed by atoms with van der Waals surface area (Å²) in [6.45, 7) is 0.948. The fourth-order valence-electron chi connectivity index (χ4n) is 2.53. The molecule has 3 nitrogen and oxygen atoms in total. The van der Waals surface area contributed by atoms with Crippen molar-refractivity contribution >= 4 is 5.91 Å². The number of carbonyl (C=O) groups excluding carboxylic acids is 1. The van der Waals surface area contributed by atoms with Gasteiger partial charge in [-0.15, -0.1) is 0 Å². The normalized spacial score (nSPS) is 34.5. The molecule has 74 valence electrons. The Labute approximate surface area is 79.0 Å². The van der Waals surface area contributed by atoms with Gasteiger partial charge in [-0.3, -0.25) is 4.79 Å². The van der Waals surface area contributed by atoms with E-state index in [1.807, 2.05) is 4.90 Å². The third-order valence-corrected chi connectivity index (χ3v) is 3.24. The molecule has 0 aromatic carbocycles. The molecule has 2 aliphatic heterocycles. The third-order valence-electron chi connectivity index (χ3n) is 3.24. The van der Waals surface area contributed by atoms with Gasteiger partial charge in [-0.1, -0.05) is 0 Å². The lowest BCUT2D eigenvalue weighted by atomic mass is 9.90. The molecule has 2 atom stereocenters. The van der Waals surface area contributed by atoms with Crippen molar-refractivity contribution in [2.45, 2.75) is 44.2 Å². The first-order chi connectivity index (χ1) is 6.33. The van der Waals surface area contributed by atoms with Gasteiger partial charge in [-0.2, -0.15) is 0 Å². The van der Waals surface area contributed by atoms with Gasteiger partial charge in [0.05, 0.1) is 12.1 Å². The van der Waals surface area contributed by atoms with Crippen LogP contribution in [-0.2, 0) is 9.53 Å². The zero-order valence-corrected chi connectivity index (χ0v) is 8.16. The molecule has 0 bridgehead atoms. The number of hydrogen-bond donors (Lipinski definition) is 0. The number of hydrogen-bond acceptors (Lipinski definition) is 2. The fourth-order valence-corrected chi connectivity index (χ4v) is 2.53. The standard InChI is InChI=1S/C10H17NO2/c1-13-9-5-6-10(12)11-7-3-2-4-8(9)11/h8-9H,2-7H2,1H3. The summed E-state index contributed by atoms with van der Waals surface area (Å²) in [4.78, 5) is 13.6. The van der Waals surface area contributed by atoms with E-state index in [0.717, 1.165) is 19.4 Å². The number of amides is 1. The lowest BCUT2D eigenvalue weighted by Gasteiger charge is -2.43. The Bertz CT molecular complexity index is 205. The van der Waals surface area contributed by atoms with Crippen molar-refractivity contribution in [2.24, 2.45) is 0 Å². The Morgan fingerprint density at radius 2 is 2.23 bits per heavy atom. The molecule has 0 aromatic heterocycles. The largest absolute Gasteiger partial charge is 0.379 e. The number of fused-ring (bicyclic) bond motifs is 1. The molecule has 0 aliphatic carbocycles. The van der Waals surface area contributed by atoms with Gasteiger partial charge >= 0.3 is 0 Å². The van der Waals surface area contributed by atoms with Gasteiger partial charge in [-0.25, -0.2) is 0 Å². The first-order valence-electron chi connectivity index (χ1n) is 5.15. The van der Waals surface area contributed by atoms with Crippen molar-refractivity contribution in [2.75, 3.05) is 13.7 Å². The average molecular weight is 183 g/mol.